The largest absolute Gasteiger partial charge is 0.355 e. The third-order valence-corrected chi connectivity index (χ3v) is 6.62. The molecular weight excluding hydrogens is 388 g/mol. The first-order valence-electron chi connectivity index (χ1n) is 10.5. The van der Waals surface area contributed by atoms with Gasteiger partial charge in [-0.1, -0.05) is 13.3 Å². The van der Waals surface area contributed by atoms with Crippen molar-refractivity contribution in [3.8, 4) is 0 Å². The summed E-state index contributed by atoms with van der Waals surface area (Å²) >= 11 is 1.61. The molecule has 3 rings (SSSR count). The van der Waals surface area contributed by atoms with E-state index in [0.717, 1.165) is 55.5 Å². The zero-order valence-electron chi connectivity index (χ0n) is 17.3. The van der Waals surface area contributed by atoms with Crippen LogP contribution < -0.4 is 10.9 Å². The first-order chi connectivity index (χ1) is 14.0. The van der Waals surface area contributed by atoms with Crippen LogP contribution >= 0.6 is 11.3 Å². The molecule has 0 unspecified atom stereocenters. The van der Waals surface area contributed by atoms with Crippen molar-refractivity contribution >= 4 is 33.4 Å². The molecule has 1 N–H and O–H groups in total. The summed E-state index contributed by atoms with van der Waals surface area (Å²) in [6, 6.07) is 0. The third kappa shape index (κ3) is 5.23. The summed E-state index contributed by atoms with van der Waals surface area (Å²) in [6.07, 6.45) is 8.72. The van der Waals surface area contributed by atoms with Crippen LogP contribution in [0.3, 0.4) is 0 Å². The van der Waals surface area contributed by atoms with E-state index in [-0.39, 0.29) is 23.9 Å². The number of aryl methyl sites for hydroxylation is 2. The number of carbonyl (C=O) groups excluding carboxylic acids is 2. The minimum atomic E-state index is -0.232. The minimum absolute atomic E-state index is 0.0449. The van der Waals surface area contributed by atoms with Gasteiger partial charge in [0.1, 0.15) is 11.4 Å². The van der Waals surface area contributed by atoms with Crippen molar-refractivity contribution in [1.82, 2.24) is 19.8 Å². The average molecular weight is 419 g/mol. The molecule has 0 saturated heterocycles. The van der Waals surface area contributed by atoms with E-state index < -0.39 is 0 Å². The lowest BCUT2D eigenvalue weighted by atomic mass is 9.97. The van der Waals surface area contributed by atoms with E-state index in [1.165, 1.54) is 15.8 Å². The molecule has 1 aliphatic carbocycles. The fourth-order valence-electron chi connectivity index (χ4n) is 3.68. The van der Waals surface area contributed by atoms with Crippen LogP contribution in [0.25, 0.3) is 10.2 Å². The van der Waals surface area contributed by atoms with Crippen LogP contribution in [0, 0.1) is 0 Å². The first-order valence-corrected chi connectivity index (χ1v) is 11.3. The van der Waals surface area contributed by atoms with Gasteiger partial charge in [-0.05, 0) is 44.1 Å². The van der Waals surface area contributed by atoms with Gasteiger partial charge in [0, 0.05) is 31.4 Å². The van der Waals surface area contributed by atoms with Crippen LogP contribution in [0.2, 0.25) is 0 Å². The second-order valence-corrected chi connectivity index (χ2v) is 8.77. The van der Waals surface area contributed by atoms with Crippen molar-refractivity contribution in [2.24, 2.45) is 0 Å². The quantitative estimate of drug-likeness (QED) is 0.634. The van der Waals surface area contributed by atoms with Gasteiger partial charge in [-0.3, -0.25) is 19.0 Å². The number of hydrogen-bond donors (Lipinski definition) is 1. The number of fused-ring (bicyclic) bond motifs is 3. The summed E-state index contributed by atoms with van der Waals surface area (Å²) in [5.41, 5.74) is 1.01. The van der Waals surface area contributed by atoms with Crippen LogP contribution in [0.5, 0.6) is 0 Å². The van der Waals surface area contributed by atoms with Crippen molar-refractivity contribution < 1.29 is 9.59 Å². The van der Waals surface area contributed by atoms with Crippen LogP contribution in [-0.4, -0.2) is 46.4 Å². The van der Waals surface area contributed by atoms with Gasteiger partial charge in [0.15, 0.2) is 0 Å². The van der Waals surface area contributed by atoms with E-state index in [1.807, 2.05) is 7.05 Å². The number of hydrogen-bond acceptors (Lipinski definition) is 5. The van der Waals surface area contributed by atoms with Gasteiger partial charge in [-0.2, -0.15) is 0 Å². The van der Waals surface area contributed by atoms with E-state index in [9.17, 15) is 14.4 Å². The summed E-state index contributed by atoms with van der Waals surface area (Å²) in [6.45, 7) is 3.24. The molecule has 0 spiro atoms. The van der Waals surface area contributed by atoms with E-state index in [0.29, 0.717) is 24.8 Å². The van der Waals surface area contributed by atoms with Crippen LogP contribution in [-0.2, 0) is 29.0 Å². The van der Waals surface area contributed by atoms with Crippen molar-refractivity contribution in [2.45, 2.75) is 64.8 Å². The van der Waals surface area contributed by atoms with Crippen molar-refractivity contribution in [3.05, 3.63) is 27.1 Å². The topological polar surface area (TPSA) is 84.3 Å². The predicted molar refractivity (Wildman–Crippen MR) is 115 cm³/mol. The molecule has 0 atom stereocenters. The molecule has 1 aliphatic rings. The lowest BCUT2D eigenvalue weighted by molar-refractivity contribution is -0.130. The number of thiophene rings is 1. The maximum absolute atomic E-state index is 12.9. The van der Waals surface area contributed by atoms with Gasteiger partial charge in [-0.15, -0.1) is 11.3 Å². The predicted octanol–water partition coefficient (Wildman–Crippen LogP) is 2.49. The third-order valence-electron chi connectivity index (χ3n) is 5.42. The molecule has 0 aliphatic heterocycles. The number of amides is 2. The SMILES string of the molecule is CCCCN(C)C(=O)CCCNC(=O)Cn1cnc2sc3c(c2c1=O)CCCC3. The highest BCUT2D eigenvalue weighted by Crippen LogP contribution is 2.33. The van der Waals surface area contributed by atoms with Gasteiger partial charge in [0.05, 0.1) is 11.7 Å². The molecule has 158 valence electrons. The van der Waals surface area contributed by atoms with Gasteiger partial charge < -0.3 is 10.2 Å². The number of nitrogens with zero attached hydrogens (tertiary/aromatic N) is 3. The average Bonchev–Trinajstić information content (AvgIpc) is 3.10. The summed E-state index contributed by atoms with van der Waals surface area (Å²) < 4.78 is 1.39. The van der Waals surface area contributed by atoms with Crippen LogP contribution in [0.1, 0.15) is 55.9 Å². The molecule has 2 aromatic rings. The highest BCUT2D eigenvalue weighted by molar-refractivity contribution is 7.18. The molecule has 29 heavy (non-hydrogen) atoms. The van der Waals surface area contributed by atoms with E-state index in [4.69, 9.17) is 0 Å². The van der Waals surface area contributed by atoms with E-state index in [2.05, 4.69) is 17.2 Å². The van der Waals surface area contributed by atoms with Crippen LogP contribution in [0.15, 0.2) is 11.1 Å². The zero-order chi connectivity index (χ0) is 20.8. The Labute approximate surface area is 175 Å². The maximum atomic E-state index is 12.9. The molecule has 2 heterocycles. The molecule has 2 aromatic heterocycles. The Balaban J connectivity index is 1.52. The number of aromatic nitrogens is 2. The summed E-state index contributed by atoms with van der Waals surface area (Å²) in [5.74, 6) is -0.134. The highest BCUT2D eigenvalue weighted by Gasteiger charge is 2.20. The van der Waals surface area contributed by atoms with Crippen LogP contribution in [0.4, 0.5) is 0 Å². The lowest BCUT2D eigenvalue weighted by Crippen LogP contribution is -2.34. The zero-order valence-corrected chi connectivity index (χ0v) is 18.1. The Hall–Kier alpha value is -2.22. The molecular formula is C21H30N4O3S. The Morgan fingerprint density at radius 2 is 2.07 bits per heavy atom. The molecule has 0 radical (unpaired) electrons. The molecule has 2 amide bonds. The van der Waals surface area contributed by atoms with Crippen molar-refractivity contribution in [2.75, 3.05) is 20.1 Å². The number of unbranched alkanes of at least 4 members (excludes halogenated alkanes) is 1. The Morgan fingerprint density at radius 1 is 1.28 bits per heavy atom. The summed E-state index contributed by atoms with van der Waals surface area (Å²) in [4.78, 5) is 45.3. The van der Waals surface area contributed by atoms with Gasteiger partial charge in [0.25, 0.3) is 5.56 Å². The minimum Gasteiger partial charge on any atom is -0.355 e. The smallest absolute Gasteiger partial charge is 0.262 e. The maximum Gasteiger partial charge on any atom is 0.262 e. The summed E-state index contributed by atoms with van der Waals surface area (Å²) in [5, 5.41) is 3.50. The molecule has 0 aromatic carbocycles. The standard InChI is InChI=1S/C21H30N4O3S/c1-3-4-12-24(2)18(27)10-7-11-22-17(26)13-25-14-23-20-19(21(25)28)15-8-5-6-9-16(15)29-20/h14H,3-13H2,1-2H3,(H,22,26). The normalized spacial score (nSPS) is 13.3. The first kappa shape index (κ1) is 21.5. The molecule has 7 nitrogen and oxygen atoms in total. The van der Waals surface area contributed by atoms with E-state index in [1.54, 1.807) is 16.2 Å². The monoisotopic (exact) mass is 418 g/mol. The second kappa shape index (κ2) is 10.0. The molecule has 0 saturated carbocycles. The van der Waals surface area contributed by atoms with E-state index >= 15 is 0 Å². The van der Waals surface area contributed by atoms with Crippen molar-refractivity contribution in [3.63, 3.8) is 0 Å². The Bertz CT molecular complexity index is 934. The Kier molecular flexibility index (Phi) is 7.41. The molecule has 0 bridgehead atoms. The Morgan fingerprint density at radius 3 is 2.86 bits per heavy atom. The number of nitrogens with one attached hydrogen (secondary N) is 1. The molecule has 8 heteroatoms. The fourth-order valence-corrected chi connectivity index (χ4v) is 4.90. The van der Waals surface area contributed by atoms with Crippen molar-refractivity contribution in [1.29, 1.82) is 0 Å². The van der Waals surface area contributed by atoms with Gasteiger partial charge in [0.2, 0.25) is 11.8 Å². The lowest BCUT2D eigenvalue weighted by Gasteiger charge is -2.16. The number of carbonyl (C=O) groups is 2. The summed E-state index contributed by atoms with van der Waals surface area (Å²) in [7, 11) is 1.81. The second-order valence-electron chi connectivity index (χ2n) is 7.69. The van der Waals surface area contributed by atoms with Gasteiger partial charge in [-0.25, -0.2) is 4.98 Å². The fraction of sp³-hybridized carbons (Fsp3) is 0.619. The number of rotatable bonds is 9. The molecule has 0 fully saturated rings. The highest BCUT2D eigenvalue weighted by atomic mass is 32.1. The van der Waals surface area contributed by atoms with Gasteiger partial charge >= 0.3 is 0 Å².